The quantitative estimate of drug-likeness (QED) is 0.697. The maximum absolute atomic E-state index is 9.35. The molecule has 0 spiro atoms. The number of rotatable bonds is 1. The Kier molecular flexibility index (Phi) is 2.07. The summed E-state index contributed by atoms with van der Waals surface area (Å²) in [5, 5.41) is 16.7. The van der Waals surface area contributed by atoms with Gasteiger partial charge in [-0.1, -0.05) is 0 Å². The molecule has 4 nitrogen and oxygen atoms in total. The molecule has 0 aliphatic carbocycles. The van der Waals surface area contributed by atoms with Crippen molar-refractivity contribution in [2.24, 2.45) is 10.2 Å². The highest BCUT2D eigenvalue weighted by atomic mass is 32.1. The van der Waals surface area contributed by atoms with Gasteiger partial charge in [-0.05, 0) is 18.3 Å². The summed E-state index contributed by atoms with van der Waals surface area (Å²) in [4.78, 5) is 3.33. The lowest BCUT2D eigenvalue weighted by atomic mass is 10.3. The highest BCUT2D eigenvalue weighted by Crippen LogP contribution is 2.23. The van der Waals surface area contributed by atoms with Crippen LogP contribution in [-0.2, 0) is 0 Å². The van der Waals surface area contributed by atoms with Gasteiger partial charge in [-0.3, -0.25) is 0 Å². The molecule has 1 aliphatic rings. The Morgan fingerprint density at radius 3 is 2.69 bits per heavy atom. The maximum Gasteiger partial charge on any atom is 0.207 e. The van der Waals surface area contributed by atoms with Gasteiger partial charge in [0.05, 0.1) is 17.3 Å². The van der Waals surface area contributed by atoms with E-state index in [1.807, 2.05) is 0 Å². The summed E-state index contributed by atoms with van der Waals surface area (Å²) in [5.74, 6) is 0.0937. The van der Waals surface area contributed by atoms with Crippen molar-refractivity contribution in [2.75, 3.05) is 0 Å². The van der Waals surface area contributed by atoms with Gasteiger partial charge in [-0.15, -0.1) is 11.3 Å². The zero-order valence-corrected chi connectivity index (χ0v) is 8.02. The van der Waals surface area contributed by atoms with Crippen molar-refractivity contribution < 1.29 is 5.11 Å². The smallest absolute Gasteiger partial charge is 0.207 e. The minimum Gasteiger partial charge on any atom is -0.494 e. The average molecular weight is 211 g/mol. The second kappa shape index (κ2) is 3.23. The highest BCUT2D eigenvalue weighted by Gasteiger charge is 2.03. The van der Waals surface area contributed by atoms with Crippen molar-refractivity contribution >= 4 is 42.1 Å². The van der Waals surface area contributed by atoms with E-state index in [-0.39, 0.29) is 5.88 Å². The van der Waals surface area contributed by atoms with Crippen LogP contribution in [0.15, 0.2) is 15.8 Å². The zero-order chi connectivity index (χ0) is 9.26. The Balaban J connectivity index is 2.42. The first kappa shape index (κ1) is 8.33. The Labute approximate surface area is 83.0 Å². The van der Waals surface area contributed by atoms with Gasteiger partial charge in [0.2, 0.25) is 5.88 Å². The summed E-state index contributed by atoms with van der Waals surface area (Å²) in [6, 6.07) is 0. The van der Waals surface area contributed by atoms with Crippen LogP contribution < -0.4 is 0 Å². The average Bonchev–Trinajstić information content (AvgIpc) is 2.63. The summed E-state index contributed by atoms with van der Waals surface area (Å²) in [7, 11) is 0. The van der Waals surface area contributed by atoms with Gasteiger partial charge in [0.25, 0.3) is 0 Å². The van der Waals surface area contributed by atoms with Gasteiger partial charge in [0.1, 0.15) is 0 Å². The van der Waals surface area contributed by atoms with E-state index in [0.29, 0.717) is 8.83 Å². The van der Waals surface area contributed by atoms with E-state index in [4.69, 9.17) is 12.2 Å². The molecule has 6 heteroatoms. The molecule has 0 saturated heterocycles. The van der Waals surface area contributed by atoms with Crippen molar-refractivity contribution in [2.45, 2.75) is 0 Å². The third-order valence-electron chi connectivity index (χ3n) is 1.43. The first-order valence-corrected chi connectivity index (χ1v) is 4.68. The third kappa shape index (κ3) is 1.73. The molecule has 0 fully saturated rings. The van der Waals surface area contributed by atoms with Gasteiger partial charge in [-0.2, -0.15) is 10.2 Å². The number of aromatic amines is 1. The van der Waals surface area contributed by atoms with Crippen molar-refractivity contribution in [3.8, 4) is 5.88 Å². The Morgan fingerprint density at radius 1 is 1.46 bits per heavy atom. The molecule has 0 radical (unpaired) electrons. The fraction of sp³-hybridized carbons (Fsp3) is 0. The van der Waals surface area contributed by atoms with E-state index in [9.17, 15) is 5.11 Å². The number of aromatic nitrogens is 1. The van der Waals surface area contributed by atoms with Gasteiger partial charge in [0.15, 0.2) is 3.95 Å². The summed E-state index contributed by atoms with van der Waals surface area (Å²) >= 11 is 6.18. The molecular formula is C7H5N3OS2. The first-order chi connectivity index (χ1) is 6.25. The number of thiazole rings is 1. The van der Waals surface area contributed by atoms with Crippen LogP contribution in [0.3, 0.4) is 0 Å². The van der Waals surface area contributed by atoms with Crippen LogP contribution in [0.25, 0.3) is 6.08 Å². The topological polar surface area (TPSA) is 60.7 Å². The van der Waals surface area contributed by atoms with E-state index in [2.05, 4.69) is 15.2 Å². The van der Waals surface area contributed by atoms with Crippen molar-refractivity contribution in [1.82, 2.24) is 4.98 Å². The van der Waals surface area contributed by atoms with E-state index in [0.717, 1.165) is 5.57 Å². The molecule has 2 heterocycles. The molecule has 2 N–H and O–H groups in total. The van der Waals surface area contributed by atoms with E-state index >= 15 is 0 Å². The van der Waals surface area contributed by atoms with Gasteiger partial charge < -0.3 is 10.1 Å². The Bertz CT molecular complexity index is 452. The normalized spacial score (nSPS) is 14.0. The molecule has 2 rings (SSSR count). The van der Waals surface area contributed by atoms with Crippen LogP contribution in [0.1, 0.15) is 4.88 Å². The Morgan fingerprint density at radius 2 is 2.15 bits per heavy atom. The number of nitrogens with one attached hydrogen (secondary N) is 1. The van der Waals surface area contributed by atoms with Gasteiger partial charge in [0, 0.05) is 5.57 Å². The number of aromatic hydroxyl groups is 1. The van der Waals surface area contributed by atoms with Crippen LogP contribution in [0, 0.1) is 3.95 Å². The molecule has 0 atom stereocenters. The second-order valence-electron chi connectivity index (χ2n) is 2.36. The summed E-state index contributed by atoms with van der Waals surface area (Å²) < 4.78 is 0.552. The molecule has 0 amide bonds. The number of nitrogens with zero attached hydrogens (tertiary/aromatic N) is 2. The van der Waals surface area contributed by atoms with Crippen molar-refractivity contribution in [3.63, 3.8) is 0 Å². The molecule has 0 unspecified atom stereocenters. The predicted octanol–water partition coefficient (Wildman–Crippen LogP) is 1.96. The number of H-pyrrole nitrogens is 1. The fourth-order valence-corrected chi connectivity index (χ4v) is 1.95. The standard InChI is InChI=1S/C7H5N3OS2/c11-6-5(13-7(12)10-6)1-4-2-8-9-3-4/h1-3,11H,(H,10,12). The lowest BCUT2D eigenvalue weighted by Gasteiger charge is -1.87. The van der Waals surface area contributed by atoms with Crippen LogP contribution >= 0.6 is 23.6 Å². The molecular weight excluding hydrogens is 206 g/mol. The first-order valence-electron chi connectivity index (χ1n) is 3.46. The van der Waals surface area contributed by atoms with E-state index in [1.165, 1.54) is 11.3 Å². The minimum absolute atomic E-state index is 0.0937. The van der Waals surface area contributed by atoms with E-state index < -0.39 is 0 Å². The molecule has 1 aromatic rings. The number of allylic oxidation sites excluding steroid dienone is 1. The SMILES string of the molecule is Oc1[nH]c(=S)sc1C=C1C=NN=C1. The molecule has 1 aromatic heterocycles. The maximum atomic E-state index is 9.35. The summed E-state index contributed by atoms with van der Waals surface area (Å²) in [6.07, 6.45) is 5.00. The largest absolute Gasteiger partial charge is 0.494 e. The van der Waals surface area contributed by atoms with Crippen LogP contribution in [-0.4, -0.2) is 22.5 Å². The molecule has 66 valence electrons. The highest BCUT2D eigenvalue weighted by molar-refractivity contribution is 7.73. The summed E-state index contributed by atoms with van der Waals surface area (Å²) in [5.41, 5.74) is 0.848. The van der Waals surface area contributed by atoms with Crippen molar-refractivity contribution in [3.05, 3.63) is 14.4 Å². The molecule has 0 bridgehead atoms. The zero-order valence-electron chi connectivity index (χ0n) is 6.39. The van der Waals surface area contributed by atoms with Crippen LogP contribution in [0.4, 0.5) is 0 Å². The van der Waals surface area contributed by atoms with Crippen molar-refractivity contribution in [1.29, 1.82) is 0 Å². The monoisotopic (exact) mass is 211 g/mol. The molecule has 0 aromatic carbocycles. The Hall–Kier alpha value is -1.27. The predicted molar refractivity (Wildman–Crippen MR) is 56.1 cm³/mol. The van der Waals surface area contributed by atoms with Gasteiger partial charge >= 0.3 is 0 Å². The lowest BCUT2D eigenvalue weighted by Crippen LogP contribution is -1.78. The van der Waals surface area contributed by atoms with Crippen LogP contribution in [0.5, 0.6) is 5.88 Å². The lowest BCUT2D eigenvalue weighted by molar-refractivity contribution is 0.456. The third-order valence-corrected chi connectivity index (χ3v) is 2.61. The van der Waals surface area contributed by atoms with Crippen LogP contribution in [0.2, 0.25) is 0 Å². The fourth-order valence-electron chi connectivity index (χ4n) is 0.889. The molecule has 1 aliphatic heterocycles. The van der Waals surface area contributed by atoms with E-state index in [1.54, 1.807) is 18.5 Å². The number of hydrogen-bond donors (Lipinski definition) is 2. The number of hydrogen-bond acceptors (Lipinski definition) is 5. The molecule has 13 heavy (non-hydrogen) atoms. The van der Waals surface area contributed by atoms with Gasteiger partial charge in [-0.25, -0.2) is 0 Å². The minimum atomic E-state index is 0.0937. The second-order valence-corrected chi connectivity index (χ2v) is 4.08. The summed E-state index contributed by atoms with van der Waals surface area (Å²) in [6.45, 7) is 0. The molecule has 0 saturated carbocycles.